The lowest BCUT2D eigenvalue weighted by Crippen LogP contribution is -2.31. The first-order chi connectivity index (χ1) is 12.8. The number of likely N-dealkylation sites (N-methyl/N-ethyl adjacent to an activating group) is 1. The molecule has 0 fully saturated rings. The van der Waals surface area contributed by atoms with Crippen molar-refractivity contribution in [1.29, 1.82) is 0 Å². The number of amides is 1. The number of anilines is 1. The molecule has 0 radical (unpaired) electrons. The van der Waals surface area contributed by atoms with E-state index in [4.69, 9.17) is 23.2 Å². The van der Waals surface area contributed by atoms with Gasteiger partial charge in [0.1, 0.15) is 5.65 Å². The summed E-state index contributed by atoms with van der Waals surface area (Å²) in [6.07, 6.45) is 1.75. The number of nitrogens with zero attached hydrogens (tertiary/aromatic N) is 3. The van der Waals surface area contributed by atoms with Crippen LogP contribution in [-0.2, 0) is 11.3 Å². The fraction of sp³-hybridized carbons (Fsp3) is 0.211. The number of fused-ring (bicyclic) bond motifs is 1. The van der Waals surface area contributed by atoms with Gasteiger partial charge in [0.25, 0.3) is 5.56 Å². The van der Waals surface area contributed by atoms with Gasteiger partial charge in [-0.2, -0.15) is 0 Å². The summed E-state index contributed by atoms with van der Waals surface area (Å²) >= 11 is 12.1. The molecule has 0 unspecified atom stereocenters. The first-order valence-electron chi connectivity index (χ1n) is 8.25. The minimum atomic E-state index is -0.263. The van der Waals surface area contributed by atoms with E-state index < -0.39 is 0 Å². The van der Waals surface area contributed by atoms with Crippen molar-refractivity contribution < 1.29 is 4.79 Å². The predicted molar refractivity (Wildman–Crippen MR) is 108 cm³/mol. The van der Waals surface area contributed by atoms with E-state index in [2.05, 4.69) is 10.3 Å². The Morgan fingerprint density at radius 1 is 1.22 bits per heavy atom. The van der Waals surface area contributed by atoms with Crippen LogP contribution >= 0.6 is 23.2 Å². The summed E-state index contributed by atoms with van der Waals surface area (Å²) in [5.41, 5.74) is 2.38. The van der Waals surface area contributed by atoms with E-state index in [1.807, 2.05) is 13.0 Å². The molecule has 8 heteroatoms. The topological polar surface area (TPSA) is 66.7 Å². The van der Waals surface area contributed by atoms with Gasteiger partial charge in [-0.25, -0.2) is 4.98 Å². The number of aromatic nitrogens is 2. The Hall–Kier alpha value is -2.41. The fourth-order valence-electron chi connectivity index (χ4n) is 2.71. The van der Waals surface area contributed by atoms with Gasteiger partial charge in [-0.05, 0) is 37.7 Å². The van der Waals surface area contributed by atoms with E-state index in [1.165, 1.54) is 10.5 Å². The van der Waals surface area contributed by atoms with Gasteiger partial charge in [0.05, 0.1) is 28.0 Å². The first-order valence-corrected chi connectivity index (χ1v) is 9.00. The van der Waals surface area contributed by atoms with Gasteiger partial charge in [-0.1, -0.05) is 35.3 Å². The van der Waals surface area contributed by atoms with Crippen LogP contribution in [0.25, 0.3) is 5.65 Å². The van der Waals surface area contributed by atoms with Gasteiger partial charge in [0.2, 0.25) is 5.91 Å². The van der Waals surface area contributed by atoms with Crippen LogP contribution in [0.2, 0.25) is 10.0 Å². The molecule has 2 heterocycles. The molecule has 27 heavy (non-hydrogen) atoms. The largest absolute Gasteiger partial charge is 0.322 e. The Bertz CT molecular complexity index is 1040. The molecule has 0 saturated carbocycles. The zero-order valence-electron chi connectivity index (χ0n) is 14.9. The molecule has 1 amide bonds. The van der Waals surface area contributed by atoms with Crippen molar-refractivity contribution in [3.8, 4) is 0 Å². The molecular weight excluding hydrogens is 387 g/mol. The van der Waals surface area contributed by atoms with Crippen LogP contribution in [0.15, 0.2) is 47.4 Å². The van der Waals surface area contributed by atoms with E-state index in [0.29, 0.717) is 33.6 Å². The highest BCUT2D eigenvalue weighted by Gasteiger charge is 2.13. The lowest BCUT2D eigenvalue weighted by Gasteiger charge is -2.17. The molecule has 2 aromatic heterocycles. The second-order valence-corrected chi connectivity index (χ2v) is 7.15. The molecule has 0 spiro atoms. The number of hydrogen-bond acceptors (Lipinski definition) is 4. The molecule has 6 nitrogen and oxygen atoms in total. The van der Waals surface area contributed by atoms with Crippen LogP contribution in [0.1, 0.15) is 11.3 Å². The van der Waals surface area contributed by atoms with Crippen LogP contribution in [0.4, 0.5) is 5.69 Å². The lowest BCUT2D eigenvalue weighted by atomic mass is 10.3. The summed E-state index contributed by atoms with van der Waals surface area (Å²) in [6, 6.07) is 10.2. The molecular formula is C19H18Cl2N4O2. The Kier molecular flexibility index (Phi) is 5.79. The molecule has 0 atom stereocenters. The van der Waals surface area contributed by atoms with E-state index >= 15 is 0 Å². The Labute approximate surface area is 166 Å². The summed E-state index contributed by atoms with van der Waals surface area (Å²) in [4.78, 5) is 30.8. The third-order valence-electron chi connectivity index (χ3n) is 3.93. The van der Waals surface area contributed by atoms with E-state index in [-0.39, 0.29) is 18.0 Å². The van der Waals surface area contributed by atoms with Gasteiger partial charge >= 0.3 is 0 Å². The molecule has 0 saturated heterocycles. The number of carbonyl (C=O) groups excluding carboxylic acids is 1. The quantitative estimate of drug-likeness (QED) is 0.707. The van der Waals surface area contributed by atoms with Crippen molar-refractivity contribution in [2.24, 2.45) is 0 Å². The first kappa shape index (κ1) is 19.4. The zero-order valence-corrected chi connectivity index (χ0v) is 16.4. The maximum absolute atomic E-state index is 12.3. The van der Waals surface area contributed by atoms with Gasteiger partial charge in [0.15, 0.2) is 0 Å². The lowest BCUT2D eigenvalue weighted by molar-refractivity contribution is -0.117. The molecule has 140 valence electrons. The number of carbonyl (C=O) groups is 1. The number of para-hydroxylation sites is 1. The SMILES string of the molecule is Cc1ccc2nc(CN(C)CC(=O)Nc3c(Cl)cccc3Cl)cc(=O)n2c1. The molecule has 1 N–H and O–H groups in total. The highest BCUT2D eigenvalue weighted by atomic mass is 35.5. The molecule has 1 aromatic carbocycles. The normalized spacial score (nSPS) is 11.1. The van der Waals surface area contributed by atoms with Crippen LogP contribution in [0.5, 0.6) is 0 Å². The van der Waals surface area contributed by atoms with Crippen LogP contribution in [0.3, 0.4) is 0 Å². The molecule has 3 rings (SSSR count). The summed E-state index contributed by atoms with van der Waals surface area (Å²) in [6.45, 7) is 2.36. The van der Waals surface area contributed by atoms with E-state index in [1.54, 1.807) is 42.4 Å². The second-order valence-electron chi connectivity index (χ2n) is 6.34. The summed E-state index contributed by atoms with van der Waals surface area (Å²) in [5, 5.41) is 3.46. The van der Waals surface area contributed by atoms with Crippen molar-refractivity contribution >= 4 is 40.4 Å². The number of rotatable bonds is 5. The number of nitrogens with one attached hydrogen (secondary N) is 1. The minimum absolute atomic E-state index is 0.0938. The fourth-order valence-corrected chi connectivity index (χ4v) is 3.20. The Morgan fingerprint density at radius 2 is 1.93 bits per heavy atom. The second kappa shape index (κ2) is 8.08. The Morgan fingerprint density at radius 3 is 2.63 bits per heavy atom. The van der Waals surface area contributed by atoms with Crippen molar-refractivity contribution in [3.63, 3.8) is 0 Å². The third kappa shape index (κ3) is 4.66. The predicted octanol–water partition coefficient (Wildman–Crippen LogP) is 3.38. The molecule has 0 bridgehead atoms. The zero-order chi connectivity index (χ0) is 19.6. The number of aryl methyl sites for hydroxylation is 1. The summed E-state index contributed by atoms with van der Waals surface area (Å²) in [7, 11) is 1.77. The number of halogens is 2. The standard InChI is InChI=1S/C19H18Cl2N4O2/c1-12-6-7-16-22-13(8-18(27)25(16)9-12)10-24(2)11-17(26)23-19-14(20)4-3-5-15(19)21/h3-9H,10-11H2,1-2H3,(H,23,26). The summed E-state index contributed by atoms with van der Waals surface area (Å²) in [5.74, 6) is -0.263. The Balaban J connectivity index is 1.69. The number of hydrogen-bond donors (Lipinski definition) is 1. The minimum Gasteiger partial charge on any atom is -0.322 e. The van der Waals surface area contributed by atoms with Gasteiger partial charge in [-0.3, -0.25) is 18.9 Å². The molecule has 0 aliphatic rings. The van der Waals surface area contributed by atoms with Crippen molar-refractivity contribution in [2.75, 3.05) is 18.9 Å². The molecule has 0 aliphatic carbocycles. The number of pyridine rings is 1. The highest BCUT2D eigenvalue weighted by Crippen LogP contribution is 2.29. The average Bonchev–Trinajstić information content (AvgIpc) is 2.59. The smallest absolute Gasteiger partial charge is 0.258 e. The van der Waals surface area contributed by atoms with Crippen LogP contribution < -0.4 is 10.9 Å². The average molecular weight is 405 g/mol. The summed E-state index contributed by atoms with van der Waals surface area (Å²) < 4.78 is 1.50. The molecule has 3 aromatic rings. The maximum Gasteiger partial charge on any atom is 0.258 e. The van der Waals surface area contributed by atoms with Gasteiger partial charge < -0.3 is 5.32 Å². The van der Waals surface area contributed by atoms with Gasteiger partial charge in [-0.15, -0.1) is 0 Å². The monoisotopic (exact) mass is 404 g/mol. The van der Waals surface area contributed by atoms with E-state index in [0.717, 1.165) is 5.56 Å². The molecule has 0 aliphatic heterocycles. The van der Waals surface area contributed by atoms with Crippen molar-refractivity contribution in [1.82, 2.24) is 14.3 Å². The van der Waals surface area contributed by atoms with Gasteiger partial charge in [0, 0.05) is 18.8 Å². The van der Waals surface area contributed by atoms with Crippen LogP contribution in [0, 0.1) is 6.92 Å². The third-order valence-corrected chi connectivity index (χ3v) is 4.56. The van der Waals surface area contributed by atoms with Crippen molar-refractivity contribution in [3.05, 3.63) is 74.3 Å². The van der Waals surface area contributed by atoms with E-state index in [9.17, 15) is 9.59 Å². The van der Waals surface area contributed by atoms with Crippen molar-refractivity contribution in [2.45, 2.75) is 13.5 Å². The highest BCUT2D eigenvalue weighted by molar-refractivity contribution is 6.39. The number of benzene rings is 1. The maximum atomic E-state index is 12.3. The van der Waals surface area contributed by atoms with Crippen LogP contribution in [-0.4, -0.2) is 33.8 Å².